The molecule has 4 aromatic rings. The van der Waals surface area contributed by atoms with Gasteiger partial charge < -0.3 is 23.5 Å². The lowest BCUT2D eigenvalue weighted by Crippen LogP contribution is -2.37. The summed E-state index contributed by atoms with van der Waals surface area (Å²) in [5.74, 6) is 1.32. The monoisotopic (exact) mass is 471 g/mol. The first-order valence-electron chi connectivity index (χ1n) is 11.8. The molecule has 1 fully saturated rings. The third-order valence-corrected chi connectivity index (χ3v) is 6.22. The molecule has 7 heteroatoms. The van der Waals surface area contributed by atoms with Crippen molar-refractivity contribution in [1.82, 2.24) is 10.1 Å². The molecular weight excluding hydrogens is 442 g/mol. The van der Waals surface area contributed by atoms with Gasteiger partial charge in [0.15, 0.2) is 0 Å². The molecule has 0 saturated carbocycles. The second-order valence-electron chi connectivity index (χ2n) is 8.89. The van der Waals surface area contributed by atoms with Crippen LogP contribution in [0.2, 0.25) is 0 Å². The Morgan fingerprint density at radius 3 is 2.49 bits per heavy atom. The maximum absolute atomic E-state index is 13.7. The lowest BCUT2D eigenvalue weighted by atomic mass is 10.0. The largest absolute Gasteiger partial charge is 0.467 e. The molecule has 7 nitrogen and oxygen atoms in total. The Hall–Kier alpha value is -3.84. The van der Waals surface area contributed by atoms with E-state index in [4.69, 9.17) is 13.7 Å². The molecule has 3 heterocycles. The van der Waals surface area contributed by atoms with Gasteiger partial charge in [0.2, 0.25) is 5.88 Å². The number of amides is 1. The van der Waals surface area contributed by atoms with Gasteiger partial charge in [-0.1, -0.05) is 46.6 Å². The third kappa shape index (κ3) is 5.15. The Balaban J connectivity index is 1.55. The van der Waals surface area contributed by atoms with Crippen LogP contribution in [0.25, 0.3) is 11.3 Å². The number of carbonyl (C=O) groups excluding carboxylic acids is 1. The number of nitrogens with zero attached hydrogens (tertiary/aromatic N) is 3. The van der Waals surface area contributed by atoms with Crippen LogP contribution in [-0.4, -0.2) is 42.3 Å². The summed E-state index contributed by atoms with van der Waals surface area (Å²) < 4.78 is 17.1. The summed E-state index contributed by atoms with van der Waals surface area (Å²) in [5, 5.41) is 4.48. The number of furan rings is 1. The van der Waals surface area contributed by atoms with Crippen molar-refractivity contribution in [1.29, 1.82) is 0 Å². The number of hydrogen-bond acceptors (Lipinski definition) is 6. The Morgan fingerprint density at radius 1 is 0.971 bits per heavy atom. The van der Waals surface area contributed by atoms with E-state index in [-0.39, 0.29) is 5.91 Å². The summed E-state index contributed by atoms with van der Waals surface area (Å²) >= 11 is 0. The number of ether oxygens (including phenoxy) is 1. The summed E-state index contributed by atoms with van der Waals surface area (Å²) in [5.41, 5.74) is 5.45. The van der Waals surface area contributed by atoms with Gasteiger partial charge in [0, 0.05) is 24.2 Å². The number of aryl methyl sites for hydroxylation is 2. The molecule has 0 unspecified atom stereocenters. The molecule has 1 aliphatic rings. The van der Waals surface area contributed by atoms with Crippen LogP contribution in [0, 0.1) is 13.8 Å². The molecular formula is C28H29N3O4. The number of rotatable bonds is 7. The van der Waals surface area contributed by atoms with Crippen molar-refractivity contribution < 1.29 is 18.5 Å². The van der Waals surface area contributed by atoms with Gasteiger partial charge in [-0.2, -0.15) is 0 Å². The second-order valence-corrected chi connectivity index (χ2v) is 8.89. The first-order chi connectivity index (χ1) is 17.1. The first kappa shape index (κ1) is 22.9. The van der Waals surface area contributed by atoms with Crippen LogP contribution in [0.1, 0.15) is 32.8 Å². The fourth-order valence-electron chi connectivity index (χ4n) is 4.34. The molecule has 0 N–H and O–H groups in total. The summed E-state index contributed by atoms with van der Waals surface area (Å²) in [4.78, 5) is 17.6. The number of carbonyl (C=O) groups is 1. The number of anilines is 1. The van der Waals surface area contributed by atoms with Gasteiger partial charge in [-0.3, -0.25) is 4.79 Å². The zero-order valence-electron chi connectivity index (χ0n) is 20.1. The summed E-state index contributed by atoms with van der Waals surface area (Å²) in [6, 6.07) is 19.5. The predicted octanol–water partition coefficient (Wildman–Crippen LogP) is 5.23. The lowest BCUT2D eigenvalue weighted by molar-refractivity contribution is 0.0717. The Kier molecular flexibility index (Phi) is 6.68. The predicted molar refractivity (Wildman–Crippen MR) is 133 cm³/mol. The fourth-order valence-corrected chi connectivity index (χ4v) is 4.34. The minimum absolute atomic E-state index is 0.0780. The zero-order chi connectivity index (χ0) is 24.2. The highest BCUT2D eigenvalue weighted by molar-refractivity contribution is 5.94. The SMILES string of the molecule is Cc1ccc(C(=O)N(Cc2ccco2)Cc2c(-c3cccc(C)c3)noc2N2CCOCC2)cc1. The van der Waals surface area contributed by atoms with Crippen LogP contribution in [0.5, 0.6) is 0 Å². The normalized spacial score (nSPS) is 13.7. The molecule has 35 heavy (non-hydrogen) atoms. The van der Waals surface area contributed by atoms with Gasteiger partial charge in [-0.25, -0.2) is 0 Å². The maximum Gasteiger partial charge on any atom is 0.254 e. The minimum atomic E-state index is -0.0780. The van der Waals surface area contributed by atoms with Crippen molar-refractivity contribution in [3.05, 3.63) is 94.9 Å². The smallest absolute Gasteiger partial charge is 0.254 e. The molecule has 1 amide bonds. The first-order valence-corrected chi connectivity index (χ1v) is 11.8. The molecule has 2 aromatic heterocycles. The molecule has 5 rings (SSSR count). The summed E-state index contributed by atoms with van der Waals surface area (Å²) in [6.45, 7) is 7.38. The Morgan fingerprint density at radius 2 is 1.77 bits per heavy atom. The summed E-state index contributed by atoms with van der Waals surface area (Å²) in [7, 11) is 0. The van der Waals surface area contributed by atoms with E-state index < -0.39 is 0 Å². The van der Waals surface area contributed by atoms with Crippen LogP contribution in [0.4, 0.5) is 5.88 Å². The molecule has 0 radical (unpaired) electrons. The molecule has 2 aromatic carbocycles. The van der Waals surface area contributed by atoms with Crippen LogP contribution in [-0.2, 0) is 17.8 Å². The van der Waals surface area contributed by atoms with E-state index in [2.05, 4.69) is 29.1 Å². The van der Waals surface area contributed by atoms with E-state index in [1.165, 1.54) is 0 Å². The van der Waals surface area contributed by atoms with Crippen molar-refractivity contribution >= 4 is 11.8 Å². The van der Waals surface area contributed by atoms with E-state index in [1.807, 2.05) is 55.5 Å². The standard InChI is InChI=1S/C28H29N3O4/c1-20-8-10-22(11-9-20)27(32)31(18-24-7-4-14-34-24)19-25-26(23-6-3-5-21(2)17-23)29-35-28(25)30-12-15-33-16-13-30/h3-11,14,17H,12-13,15-16,18-19H2,1-2H3. The minimum Gasteiger partial charge on any atom is -0.467 e. The molecule has 0 aliphatic carbocycles. The second kappa shape index (κ2) is 10.2. The van der Waals surface area contributed by atoms with Crippen molar-refractivity contribution in [2.75, 3.05) is 31.2 Å². The van der Waals surface area contributed by atoms with Gasteiger partial charge in [0.1, 0.15) is 11.5 Å². The van der Waals surface area contributed by atoms with E-state index in [0.717, 1.165) is 27.9 Å². The van der Waals surface area contributed by atoms with Crippen molar-refractivity contribution in [2.24, 2.45) is 0 Å². The highest BCUT2D eigenvalue weighted by Crippen LogP contribution is 2.34. The molecule has 0 atom stereocenters. The van der Waals surface area contributed by atoms with Gasteiger partial charge in [0.05, 0.1) is 38.1 Å². The van der Waals surface area contributed by atoms with Crippen molar-refractivity contribution in [2.45, 2.75) is 26.9 Å². The molecule has 180 valence electrons. The van der Waals surface area contributed by atoms with Crippen LogP contribution in [0.15, 0.2) is 75.9 Å². The van der Waals surface area contributed by atoms with Gasteiger partial charge in [0.25, 0.3) is 5.91 Å². The Labute approximate surface area is 204 Å². The lowest BCUT2D eigenvalue weighted by Gasteiger charge is -2.28. The molecule has 1 aliphatic heterocycles. The number of hydrogen-bond donors (Lipinski definition) is 0. The van der Waals surface area contributed by atoms with E-state index in [9.17, 15) is 4.79 Å². The topological polar surface area (TPSA) is 72.0 Å². The van der Waals surface area contributed by atoms with Crippen molar-refractivity contribution in [3.63, 3.8) is 0 Å². The molecule has 0 bridgehead atoms. The third-order valence-electron chi connectivity index (χ3n) is 6.22. The van der Waals surface area contributed by atoms with Crippen LogP contribution >= 0.6 is 0 Å². The number of aromatic nitrogens is 1. The van der Waals surface area contributed by atoms with E-state index in [0.29, 0.717) is 56.6 Å². The van der Waals surface area contributed by atoms with Crippen LogP contribution < -0.4 is 4.90 Å². The number of morpholine rings is 1. The molecule has 1 saturated heterocycles. The van der Waals surface area contributed by atoms with E-state index in [1.54, 1.807) is 11.2 Å². The average molecular weight is 472 g/mol. The highest BCUT2D eigenvalue weighted by atomic mass is 16.5. The van der Waals surface area contributed by atoms with Crippen LogP contribution in [0.3, 0.4) is 0 Å². The summed E-state index contributed by atoms with van der Waals surface area (Å²) in [6.07, 6.45) is 1.63. The average Bonchev–Trinajstić information content (AvgIpc) is 3.54. The van der Waals surface area contributed by atoms with Gasteiger partial charge in [-0.15, -0.1) is 0 Å². The Bertz CT molecular complexity index is 1270. The van der Waals surface area contributed by atoms with Crippen molar-refractivity contribution in [3.8, 4) is 11.3 Å². The fraction of sp³-hybridized carbons (Fsp3) is 0.286. The quantitative estimate of drug-likeness (QED) is 0.368. The number of benzene rings is 2. The zero-order valence-corrected chi connectivity index (χ0v) is 20.1. The van der Waals surface area contributed by atoms with E-state index >= 15 is 0 Å². The van der Waals surface area contributed by atoms with Gasteiger partial charge in [-0.05, 0) is 44.2 Å². The maximum atomic E-state index is 13.7. The molecule has 0 spiro atoms. The highest BCUT2D eigenvalue weighted by Gasteiger charge is 2.28. The van der Waals surface area contributed by atoms with Gasteiger partial charge >= 0.3 is 0 Å².